The summed E-state index contributed by atoms with van der Waals surface area (Å²) in [4.78, 5) is 0.144. The van der Waals surface area contributed by atoms with Gasteiger partial charge in [-0.1, -0.05) is 0 Å². The molecule has 0 radical (unpaired) electrons. The third-order valence-electron chi connectivity index (χ3n) is 2.31. The Morgan fingerprint density at radius 1 is 1.26 bits per heavy atom. The Labute approximate surface area is 114 Å². The molecule has 1 aromatic carbocycles. The average molecular weight is 287 g/mol. The van der Waals surface area contributed by atoms with Crippen molar-refractivity contribution in [1.82, 2.24) is 4.72 Å². The summed E-state index contributed by atoms with van der Waals surface area (Å²) in [5, 5.41) is 9.10. The summed E-state index contributed by atoms with van der Waals surface area (Å²) in [6.45, 7) is 6.74. The molecule has 0 aromatic heterocycles. The maximum Gasteiger partial charge on any atom is 0.241 e. The van der Waals surface area contributed by atoms with Gasteiger partial charge in [0, 0.05) is 0 Å². The fourth-order valence-corrected chi connectivity index (χ4v) is 2.83. The number of benzene rings is 1. The number of sulfonamides is 1. The summed E-state index contributed by atoms with van der Waals surface area (Å²) < 4.78 is 32.0. The lowest BCUT2D eigenvalue weighted by Gasteiger charge is -2.23. The van der Waals surface area contributed by atoms with E-state index in [1.807, 2.05) is 13.8 Å². The van der Waals surface area contributed by atoms with Gasteiger partial charge in [0.15, 0.2) is 0 Å². The van der Waals surface area contributed by atoms with Crippen molar-refractivity contribution in [3.8, 4) is 5.75 Å². The van der Waals surface area contributed by atoms with Gasteiger partial charge in [-0.15, -0.1) is 0 Å². The van der Waals surface area contributed by atoms with Crippen molar-refractivity contribution >= 4 is 10.0 Å². The standard InChI is InChI=1S/C13H21NO4S/c1-10(2)18-11-5-7-12(8-6-11)19(16,17)14-13(3,4)9-15/h5-8,10,14-15H,9H2,1-4H3. The molecule has 0 bridgehead atoms. The Hall–Kier alpha value is -1.11. The lowest BCUT2D eigenvalue weighted by molar-refractivity contribution is 0.208. The van der Waals surface area contributed by atoms with Crippen molar-refractivity contribution < 1.29 is 18.3 Å². The van der Waals surface area contributed by atoms with Crippen LogP contribution in [0.15, 0.2) is 29.2 Å². The number of nitrogens with one attached hydrogen (secondary N) is 1. The fraction of sp³-hybridized carbons (Fsp3) is 0.538. The summed E-state index contributed by atoms with van der Waals surface area (Å²) in [7, 11) is -3.64. The van der Waals surface area contributed by atoms with E-state index in [1.54, 1.807) is 26.0 Å². The van der Waals surface area contributed by atoms with Gasteiger partial charge in [-0.2, -0.15) is 0 Å². The van der Waals surface area contributed by atoms with Crippen LogP contribution < -0.4 is 9.46 Å². The second kappa shape index (κ2) is 5.90. The molecule has 1 rings (SSSR count). The average Bonchev–Trinajstić information content (AvgIpc) is 2.27. The first-order valence-electron chi connectivity index (χ1n) is 6.08. The lowest BCUT2D eigenvalue weighted by atomic mass is 10.1. The maximum absolute atomic E-state index is 12.1. The van der Waals surface area contributed by atoms with E-state index in [0.717, 1.165) is 0 Å². The highest BCUT2D eigenvalue weighted by Crippen LogP contribution is 2.18. The number of hydrogen-bond donors (Lipinski definition) is 2. The number of aliphatic hydroxyl groups is 1. The van der Waals surface area contributed by atoms with E-state index >= 15 is 0 Å². The van der Waals surface area contributed by atoms with Crippen LogP contribution in [-0.4, -0.2) is 31.8 Å². The quantitative estimate of drug-likeness (QED) is 0.832. The van der Waals surface area contributed by atoms with Gasteiger partial charge in [0.25, 0.3) is 0 Å². The van der Waals surface area contributed by atoms with Crippen LogP contribution in [0.4, 0.5) is 0 Å². The summed E-state index contributed by atoms with van der Waals surface area (Å²) >= 11 is 0. The Balaban J connectivity index is 2.91. The molecule has 1 aromatic rings. The minimum Gasteiger partial charge on any atom is -0.491 e. The third-order valence-corrected chi connectivity index (χ3v) is 4.03. The number of rotatable bonds is 6. The summed E-state index contributed by atoms with van der Waals surface area (Å²) in [6, 6.07) is 6.18. The van der Waals surface area contributed by atoms with E-state index in [9.17, 15) is 8.42 Å². The van der Waals surface area contributed by atoms with Crippen molar-refractivity contribution in [2.24, 2.45) is 0 Å². The van der Waals surface area contributed by atoms with Crippen molar-refractivity contribution in [2.75, 3.05) is 6.61 Å². The van der Waals surface area contributed by atoms with Crippen LogP contribution in [0.5, 0.6) is 5.75 Å². The van der Waals surface area contributed by atoms with Crippen LogP contribution >= 0.6 is 0 Å². The molecule has 0 heterocycles. The highest BCUT2D eigenvalue weighted by molar-refractivity contribution is 7.89. The Morgan fingerprint density at radius 3 is 2.21 bits per heavy atom. The topological polar surface area (TPSA) is 75.6 Å². The highest BCUT2D eigenvalue weighted by atomic mass is 32.2. The van der Waals surface area contributed by atoms with Gasteiger partial charge >= 0.3 is 0 Å². The minimum absolute atomic E-state index is 0.0360. The van der Waals surface area contributed by atoms with E-state index in [1.165, 1.54) is 12.1 Å². The summed E-state index contributed by atoms with van der Waals surface area (Å²) in [5.74, 6) is 0.621. The zero-order valence-corrected chi connectivity index (χ0v) is 12.5. The predicted molar refractivity (Wildman–Crippen MR) is 73.7 cm³/mol. The van der Waals surface area contributed by atoms with E-state index in [4.69, 9.17) is 9.84 Å². The summed E-state index contributed by atoms with van der Waals surface area (Å²) in [6.07, 6.45) is 0.0360. The SMILES string of the molecule is CC(C)Oc1ccc(S(=O)(=O)NC(C)(C)CO)cc1. The molecule has 0 atom stereocenters. The van der Waals surface area contributed by atoms with Crippen molar-refractivity contribution in [2.45, 2.75) is 44.2 Å². The van der Waals surface area contributed by atoms with Crippen LogP contribution in [0.25, 0.3) is 0 Å². The van der Waals surface area contributed by atoms with Crippen molar-refractivity contribution in [3.05, 3.63) is 24.3 Å². The first-order chi connectivity index (χ1) is 8.66. The molecule has 108 valence electrons. The van der Waals surface area contributed by atoms with E-state index in [2.05, 4.69) is 4.72 Å². The predicted octanol–water partition coefficient (Wildman–Crippen LogP) is 1.52. The first kappa shape index (κ1) is 15.9. The molecule has 6 heteroatoms. The molecule has 0 unspecified atom stereocenters. The number of aliphatic hydroxyl groups excluding tert-OH is 1. The minimum atomic E-state index is -3.64. The lowest BCUT2D eigenvalue weighted by Crippen LogP contribution is -2.46. The summed E-state index contributed by atoms with van der Waals surface area (Å²) in [5.41, 5.74) is -0.897. The maximum atomic E-state index is 12.1. The van der Waals surface area contributed by atoms with Crippen LogP contribution in [0.3, 0.4) is 0 Å². The van der Waals surface area contributed by atoms with Gasteiger partial charge in [-0.3, -0.25) is 0 Å². The Kier molecular flexibility index (Phi) is 4.95. The third kappa shape index (κ3) is 4.81. The van der Waals surface area contributed by atoms with Gasteiger partial charge in [-0.05, 0) is 52.0 Å². The zero-order chi connectivity index (χ0) is 14.7. The molecule has 0 saturated carbocycles. The normalized spacial score (nSPS) is 12.7. The molecule has 0 aliphatic carbocycles. The van der Waals surface area contributed by atoms with E-state index < -0.39 is 15.6 Å². The Morgan fingerprint density at radius 2 is 1.79 bits per heavy atom. The molecule has 19 heavy (non-hydrogen) atoms. The van der Waals surface area contributed by atoms with Crippen LogP contribution in [0.1, 0.15) is 27.7 Å². The second-order valence-electron chi connectivity index (χ2n) is 5.29. The molecule has 0 saturated heterocycles. The van der Waals surface area contributed by atoms with E-state index in [-0.39, 0.29) is 17.6 Å². The molecule has 0 spiro atoms. The molecule has 2 N–H and O–H groups in total. The molecule has 0 aliphatic heterocycles. The van der Waals surface area contributed by atoms with Crippen LogP contribution in [0.2, 0.25) is 0 Å². The smallest absolute Gasteiger partial charge is 0.241 e. The van der Waals surface area contributed by atoms with Crippen molar-refractivity contribution in [1.29, 1.82) is 0 Å². The number of ether oxygens (including phenoxy) is 1. The van der Waals surface area contributed by atoms with Crippen LogP contribution in [0, 0.1) is 0 Å². The molecule has 0 fully saturated rings. The fourth-order valence-electron chi connectivity index (χ4n) is 1.42. The van der Waals surface area contributed by atoms with E-state index in [0.29, 0.717) is 5.75 Å². The molecule has 5 nitrogen and oxygen atoms in total. The van der Waals surface area contributed by atoms with Gasteiger partial charge in [-0.25, -0.2) is 13.1 Å². The van der Waals surface area contributed by atoms with Gasteiger partial charge < -0.3 is 9.84 Å². The molecule has 0 amide bonds. The molecular formula is C13H21NO4S. The van der Waals surface area contributed by atoms with Crippen molar-refractivity contribution in [3.63, 3.8) is 0 Å². The second-order valence-corrected chi connectivity index (χ2v) is 6.97. The van der Waals surface area contributed by atoms with Gasteiger partial charge in [0.1, 0.15) is 5.75 Å². The molecular weight excluding hydrogens is 266 g/mol. The Bertz CT molecular complexity index is 506. The van der Waals surface area contributed by atoms with Gasteiger partial charge in [0.2, 0.25) is 10.0 Å². The molecule has 0 aliphatic rings. The largest absolute Gasteiger partial charge is 0.491 e. The van der Waals surface area contributed by atoms with Gasteiger partial charge in [0.05, 0.1) is 23.1 Å². The van der Waals surface area contributed by atoms with Crippen LogP contribution in [-0.2, 0) is 10.0 Å². The zero-order valence-electron chi connectivity index (χ0n) is 11.7. The first-order valence-corrected chi connectivity index (χ1v) is 7.56. The highest BCUT2D eigenvalue weighted by Gasteiger charge is 2.25. The number of hydrogen-bond acceptors (Lipinski definition) is 4. The monoisotopic (exact) mass is 287 g/mol.